The number of carbonyl (C=O) groups is 2. The molecule has 3 heterocycles. The molecule has 0 radical (unpaired) electrons. The number of hydrogen-bond acceptors (Lipinski definition) is 5. The lowest BCUT2D eigenvalue weighted by atomic mass is 9.93. The summed E-state index contributed by atoms with van der Waals surface area (Å²) in [6, 6.07) is 1.94. The fourth-order valence-electron chi connectivity index (χ4n) is 3.15. The average Bonchev–Trinajstić information content (AvgIpc) is 3.05. The van der Waals surface area contributed by atoms with E-state index in [-0.39, 0.29) is 24.3 Å². The summed E-state index contributed by atoms with van der Waals surface area (Å²) in [4.78, 5) is 29.9. The summed E-state index contributed by atoms with van der Waals surface area (Å²) < 4.78 is 6.65. The van der Waals surface area contributed by atoms with E-state index >= 15 is 0 Å². The van der Waals surface area contributed by atoms with Gasteiger partial charge in [-0.25, -0.2) is 9.50 Å². The number of rotatable bonds is 4. The van der Waals surface area contributed by atoms with E-state index in [1.807, 2.05) is 11.0 Å². The van der Waals surface area contributed by atoms with E-state index in [9.17, 15) is 9.59 Å². The summed E-state index contributed by atoms with van der Waals surface area (Å²) in [5.41, 5.74) is 2.05. The van der Waals surface area contributed by atoms with Crippen LogP contribution in [0.15, 0.2) is 18.5 Å². The second-order valence-electron chi connectivity index (χ2n) is 5.83. The molecule has 128 valence electrons. The van der Waals surface area contributed by atoms with Crippen molar-refractivity contribution >= 4 is 17.5 Å². The molecule has 1 saturated heterocycles. The van der Waals surface area contributed by atoms with Crippen molar-refractivity contribution in [3.8, 4) is 0 Å². The molecular formula is C16H21N5O3. The third-order valence-electron chi connectivity index (χ3n) is 4.44. The number of hydrogen-bond donors (Lipinski definition) is 1. The normalized spacial score (nSPS) is 15.7. The van der Waals surface area contributed by atoms with Gasteiger partial charge in [-0.3, -0.25) is 9.59 Å². The van der Waals surface area contributed by atoms with E-state index in [0.29, 0.717) is 24.3 Å². The summed E-state index contributed by atoms with van der Waals surface area (Å²) >= 11 is 0. The fourth-order valence-corrected chi connectivity index (χ4v) is 3.15. The highest BCUT2D eigenvalue weighted by atomic mass is 16.5. The zero-order valence-corrected chi connectivity index (χ0v) is 13.9. The SMILES string of the molecule is CNC(=O)c1cnn2c(C3CCN(C(=O)COC)CC3)ccnc12. The van der Waals surface area contributed by atoms with Crippen molar-refractivity contribution in [3.05, 3.63) is 29.7 Å². The molecule has 0 aromatic carbocycles. The Labute approximate surface area is 139 Å². The van der Waals surface area contributed by atoms with Crippen LogP contribution in [0.25, 0.3) is 5.65 Å². The summed E-state index contributed by atoms with van der Waals surface area (Å²) in [6.45, 7) is 1.51. The molecule has 0 aliphatic carbocycles. The first-order chi connectivity index (χ1) is 11.7. The van der Waals surface area contributed by atoms with Crippen molar-refractivity contribution in [2.24, 2.45) is 0 Å². The van der Waals surface area contributed by atoms with Gasteiger partial charge in [0.25, 0.3) is 5.91 Å². The molecule has 0 atom stereocenters. The molecule has 2 amide bonds. The van der Waals surface area contributed by atoms with E-state index < -0.39 is 0 Å². The minimum Gasteiger partial charge on any atom is -0.375 e. The summed E-state index contributed by atoms with van der Waals surface area (Å²) in [5, 5.41) is 6.94. The Kier molecular flexibility index (Phi) is 4.75. The van der Waals surface area contributed by atoms with Crippen LogP contribution in [0.2, 0.25) is 0 Å². The van der Waals surface area contributed by atoms with Crippen LogP contribution in [0.1, 0.15) is 34.8 Å². The second-order valence-corrected chi connectivity index (χ2v) is 5.83. The number of ether oxygens (including phenoxy) is 1. The molecule has 2 aromatic rings. The summed E-state index contributed by atoms with van der Waals surface area (Å²) in [5.74, 6) is 0.103. The molecule has 3 rings (SSSR count). The highest BCUT2D eigenvalue weighted by Gasteiger charge is 2.26. The van der Waals surface area contributed by atoms with Gasteiger partial charge in [0, 0.05) is 45.1 Å². The van der Waals surface area contributed by atoms with Gasteiger partial charge in [-0.1, -0.05) is 0 Å². The molecule has 2 aromatic heterocycles. The third kappa shape index (κ3) is 2.96. The first-order valence-electron chi connectivity index (χ1n) is 7.97. The second kappa shape index (κ2) is 6.96. The Balaban J connectivity index is 1.80. The molecule has 8 heteroatoms. The van der Waals surface area contributed by atoms with Crippen LogP contribution in [0.4, 0.5) is 0 Å². The van der Waals surface area contributed by atoms with Crippen LogP contribution >= 0.6 is 0 Å². The minimum absolute atomic E-state index is 0.0248. The predicted octanol–water partition coefficient (Wildman–Crippen LogP) is 0.441. The van der Waals surface area contributed by atoms with Crippen LogP contribution in [0.5, 0.6) is 0 Å². The maximum atomic E-state index is 11.9. The van der Waals surface area contributed by atoms with E-state index in [2.05, 4.69) is 15.4 Å². The molecule has 0 bridgehead atoms. The molecule has 24 heavy (non-hydrogen) atoms. The zero-order valence-electron chi connectivity index (χ0n) is 13.9. The largest absolute Gasteiger partial charge is 0.375 e. The number of methoxy groups -OCH3 is 1. The van der Waals surface area contributed by atoms with Gasteiger partial charge >= 0.3 is 0 Å². The van der Waals surface area contributed by atoms with Crippen molar-refractivity contribution < 1.29 is 14.3 Å². The molecule has 0 spiro atoms. The lowest BCUT2D eigenvalue weighted by molar-refractivity contribution is -0.136. The summed E-state index contributed by atoms with van der Waals surface area (Å²) in [7, 11) is 3.11. The lowest BCUT2D eigenvalue weighted by Crippen LogP contribution is -2.40. The van der Waals surface area contributed by atoms with Gasteiger partial charge in [0.2, 0.25) is 5.91 Å². The predicted molar refractivity (Wildman–Crippen MR) is 86.8 cm³/mol. The monoisotopic (exact) mass is 331 g/mol. The van der Waals surface area contributed by atoms with Gasteiger partial charge in [-0.2, -0.15) is 5.10 Å². The van der Waals surface area contributed by atoms with Gasteiger partial charge in [-0.15, -0.1) is 0 Å². The fraction of sp³-hybridized carbons (Fsp3) is 0.500. The number of amides is 2. The first kappa shape index (κ1) is 16.4. The molecule has 1 aliphatic rings. The van der Waals surface area contributed by atoms with Gasteiger partial charge in [0.15, 0.2) is 5.65 Å². The van der Waals surface area contributed by atoms with E-state index in [0.717, 1.165) is 18.5 Å². The molecule has 0 saturated carbocycles. The van der Waals surface area contributed by atoms with Crippen LogP contribution < -0.4 is 5.32 Å². The molecule has 1 N–H and O–H groups in total. The number of nitrogens with zero attached hydrogens (tertiary/aromatic N) is 4. The molecule has 8 nitrogen and oxygen atoms in total. The molecule has 1 fully saturated rings. The zero-order chi connectivity index (χ0) is 17.1. The van der Waals surface area contributed by atoms with Gasteiger partial charge in [0.05, 0.1) is 6.20 Å². The van der Waals surface area contributed by atoms with Crippen LogP contribution in [-0.2, 0) is 9.53 Å². The number of likely N-dealkylation sites (tertiary alicyclic amines) is 1. The lowest BCUT2D eigenvalue weighted by Gasteiger charge is -2.32. The van der Waals surface area contributed by atoms with Crippen LogP contribution in [0, 0.1) is 0 Å². The van der Waals surface area contributed by atoms with Gasteiger partial charge in [-0.05, 0) is 18.9 Å². The number of piperidine rings is 1. The highest BCUT2D eigenvalue weighted by Crippen LogP contribution is 2.28. The average molecular weight is 331 g/mol. The van der Waals surface area contributed by atoms with E-state index in [1.165, 1.54) is 7.11 Å². The summed E-state index contributed by atoms with van der Waals surface area (Å²) in [6.07, 6.45) is 4.95. The first-order valence-corrected chi connectivity index (χ1v) is 7.97. The number of aromatic nitrogens is 3. The molecule has 0 unspecified atom stereocenters. The topological polar surface area (TPSA) is 88.8 Å². The highest BCUT2D eigenvalue weighted by molar-refractivity contribution is 5.99. The Morgan fingerprint density at radius 1 is 1.38 bits per heavy atom. The van der Waals surface area contributed by atoms with Gasteiger partial charge < -0.3 is 15.0 Å². The Morgan fingerprint density at radius 3 is 2.79 bits per heavy atom. The van der Waals surface area contributed by atoms with Crippen LogP contribution in [-0.4, -0.2) is 65.2 Å². The van der Waals surface area contributed by atoms with Gasteiger partial charge in [0.1, 0.15) is 12.2 Å². The van der Waals surface area contributed by atoms with E-state index in [4.69, 9.17) is 4.74 Å². The standard InChI is InChI=1S/C16H21N5O3/c1-17-16(23)12-9-19-21-13(3-6-18-15(12)21)11-4-7-20(8-5-11)14(22)10-24-2/h3,6,9,11H,4-5,7-8,10H2,1-2H3,(H,17,23). The van der Waals surface area contributed by atoms with Crippen molar-refractivity contribution in [2.75, 3.05) is 33.9 Å². The smallest absolute Gasteiger partial charge is 0.256 e. The van der Waals surface area contributed by atoms with E-state index in [1.54, 1.807) is 24.0 Å². The maximum absolute atomic E-state index is 11.9. The van der Waals surface area contributed by atoms with Crippen molar-refractivity contribution in [1.29, 1.82) is 0 Å². The number of fused-ring (bicyclic) bond motifs is 1. The van der Waals surface area contributed by atoms with Crippen molar-refractivity contribution in [2.45, 2.75) is 18.8 Å². The Morgan fingerprint density at radius 2 is 2.12 bits per heavy atom. The number of nitrogens with one attached hydrogen (secondary N) is 1. The number of carbonyl (C=O) groups excluding carboxylic acids is 2. The Hall–Kier alpha value is -2.48. The quantitative estimate of drug-likeness (QED) is 0.878. The molecular weight excluding hydrogens is 310 g/mol. The maximum Gasteiger partial charge on any atom is 0.256 e. The molecule has 1 aliphatic heterocycles. The Bertz CT molecular complexity index is 749. The van der Waals surface area contributed by atoms with Crippen molar-refractivity contribution in [1.82, 2.24) is 24.8 Å². The van der Waals surface area contributed by atoms with Crippen LogP contribution in [0.3, 0.4) is 0 Å². The minimum atomic E-state index is -0.199. The van der Waals surface area contributed by atoms with Crippen molar-refractivity contribution in [3.63, 3.8) is 0 Å². The third-order valence-corrected chi connectivity index (χ3v) is 4.44.